The summed E-state index contributed by atoms with van der Waals surface area (Å²) in [6.45, 7) is 2.25. The van der Waals surface area contributed by atoms with Crippen LogP contribution >= 0.6 is 23.5 Å². The molecule has 1 aliphatic rings. The van der Waals surface area contributed by atoms with Crippen molar-refractivity contribution in [2.24, 2.45) is 11.8 Å². The van der Waals surface area contributed by atoms with Gasteiger partial charge in [-0.05, 0) is 12.8 Å². The summed E-state index contributed by atoms with van der Waals surface area (Å²) >= 11 is 1.86. The number of alkyl halides is 3. The highest BCUT2D eigenvalue weighted by molar-refractivity contribution is 7.99. The standard InChI is InChI=1S/C27H31F3N6O9S2/c1-12(37)33-18(25(41)42)10-46-23(16-6-31-8-20(39)35-16)14-4-3-5-15(22(14)40)24(47-11-19(26(43)44)34-13(2)38)17-7-32-9-21(36-17)45-27(28,29)30/h6-9,14-15,18-19,23-24H,3-5,10-11H2,1-2H3,(H,33,37)(H,34,38)(H,35,39)(H,41,42)(H,43,44)/t14?,15?,18-,19-,23?,24?/m0/s1. The molecule has 2 aromatic rings. The molecular formula is C27H31F3N6O9S2. The fraction of sp³-hybridized carbons (Fsp3) is 0.519. The van der Waals surface area contributed by atoms with Crippen molar-refractivity contribution in [1.82, 2.24) is 30.6 Å². The number of aromatic nitrogens is 4. The third-order valence-electron chi connectivity index (χ3n) is 6.85. The first-order chi connectivity index (χ1) is 22.1. The molecule has 2 heterocycles. The highest BCUT2D eigenvalue weighted by atomic mass is 32.2. The van der Waals surface area contributed by atoms with E-state index in [-0.39, 0.29) is 35.7 Å². The topological polar surface area (TPSA) is 231 Å². The van der Waals surface area contributed by atoms with Crippen LogP contribution < -0.4 is 20.9 Å². The molecule has 256 valence electrons. The van der Waals surface area contributed by atoms with E-state index in [1.54, 1.807) is 0 Å². The Kier molecular flexibility index (Phi) is 13.1. The lowest BCUT2D eigenvalue weighted by molar-refractivity contribution is -0.276. The van der Waals surface area contributed by atoms with E-state index < -0.39 is 81.8 Å². The van der Waals surface area contributed by atoms with Crippen LogP contribution in [0.4, 0.5) is 13.2 Å². The Labute approximate surface area is 273 Å². The Bertz CT molecular complexity index is 1530. The van der Waals surface area contributed by atoms with E-state index >= 15 is 0 Å². The monoisotopic (exact) mass is 704 g/mol. The summed E-state index contributed by atoms with van der Waals surface area (Å²) in [4.78, 5) is 87.5. The van der Waals surface area contributed by atoms with Gasteiger partial charge in [0, 0.05) is 49.6 Å². The zero-order valence-electron chi connectivity index (χ0n) is 24.9. The summed E-state index contributed by atoms with van der Waals surface area (Å²) < 4.78 is 42.9. The third kappa shape index (κ3) is 11.2. The first-order valence-corrected chi connectivity index (χ1v) is 16.0. The quantitative estimate of drug-likeness (QED) is 0.178. The molecule has 1 saturated carbocycles. The van der Waals surface area contributed by atoms with Gasteiger partial charge in [0.15, 0.2) is 0 Å². The first kappa shape index (κ1) is 37.3. The number of ketones is 1. The number of ether oxygens (including phenoxy) is 1. The summed E-state index contributed by atoms with van der Waals surface area (Å²) in [6, 6.07) is -2.75. The van der Waals surface area contributed by atoms with E-state index in [1.807, 2.05) is 0 Å². The lowest BCUT2D eigenvalue weighted by Gasteiger charge is -2.36. The van der Waals surface area contributed by atoms with Crippen molar-refractivity contribution in [3.63, 3.8) is 0 Å². The number of carbonyl (C=O) groups excluding carboxylic acids is 3. The number of aliphatic carboxylic acids is 2. The van der Waals surface area contributed by atoms with Crippen LogP contribution in [0, 0.1) is 11.8 Å². The largest absolute Gasteiger partial charge is 0.574 e. The Morgan fingerprint density at radius 1 is 0.915 bits per heavy atom. The maximum absolute atomic E-state index is 14.3. The molecule has 0 saturated heterocycles. The summed E-state index contributed by atoms with van der Waals surface area (Å²) in [5.74, 6) is -7.66. The maximum atomic E-state index is 14.3. The van der Waals surface area contributed by atoms with Crippen molar-refractivity contribution >= 4 is 53.1 Å². The van der Waals surface area contributed by atoms with Crippen LogP contribution in [0.5, 0.6) is 5.88 Å². The number of nitrogens with one attached hydrogen (secondary N) is 3. The van der Waals surface area contributed by atoms with Crippen LogP contribution in [0.3, 0.4) is 0 Å². The van der Waals surface area contributed by atoms with Crippen molar-refractivity contribution in [1.29, 1.82) is 0 Å². The number of amides is 2. The van der Waals surface area contributed by atoms with Crippen molar-refractivity contribution in [2.45, 2.75) is 62.1 Å². The summed E-state index contributed by atoms with van der Waals surface area (Å²) in [7, 11) is 0. The minimum absolute atomic E-state index is 0.113. The number of halogens is 3. The molecule has 5 N–H and O–H groups in total. The second-order valence-corrected chi connectivity index (χ2v) is 12.8. The highest BCUT2D eigenvalue weighted by Crippen LogP contribution is 2.48. The third-order valence-corrected chi connectivity index (χ3v) is 9.77. The Morgan fingerprint density at radius 3 is 1.96 bits per heavy atom. The van der Waals surface area contributed by atoms with Crippen LogP contribution in [-0.4, -0.2) is 89.6 Å². The molecule has 0 bridgehead atoms. The van der Waals surface area contributed by atoms with Crippen LogP contribution in [0.1, 0.15) is 55.0 Å². The van der Waals surface area contributed by atoms with Crippen molar-refractivity contribution in [3.8, 4) is 5.88 Å². The average Bonchev–Trinajstić information content (AvgIpc) is 2.96. The summed E-state index contributed by atoms with van der Waals surface area (Å²) in [5, 5.41) is 21.9. The molecule has 4 unspecified atom stereocenters. The van der Waals surface area contributed by atoms with Gasteiger partial charge in [0.2, 0.25) is 17.7 Å². The number of thioether (sulfide) groups is 2. The summed E-state index contributed by atoms with van der Waals surface area (Å²) in [6.07, 6.45) is -0.0600. The number of carboxylic acid groups (broad SMARTS) is 2. The number of aromatic amines is 1. The number of hydrogen-bond donors (Lipinski definition) is 5. The lowest BCUT2D eigenvalue weighted by Crippen LogP contribution is -2.42. The number of Topliss-reactive ketones (excluding diaryl/α,β-unsaturated/α-hetero) is 1. The fourth-order valence-electron chi connectivity index (χ4n) is 4.99. The minimum atomic E-state index is -5.10. The molecule has 20 heteroatoms. The Morgan fingerprint density at radius 2 is 1.45 bits per heavy atom. The van der Waals surface area contributed by atoms with Crippen molar-refractivity contribution in [3.05, 3.63) is 46.5 Å². The van der Waals surface area contributed by atoms with Gasteiger partial charge in [0.05, 0.1) is 34.3 Å². The number of carbonyl (C=O) groups is 5. The molecule has 2 aromatic heterocycles. The Hall–Kier alpha value is -4.20. The zero-order valence-corrected chi connectivity index (χ0v) is 26.5. The van der Waals surface area contributed by atoms with Gasteiger partial charge >= 0.3 is 18.3 Å². The van der Waals surface area contributed by atoms with E-state index in [2.05, 4.69) is 35.3 Å². The molecule has 1 aliphatic carbocycles. The number of nitrogens with zero attached hydrogens (tertiary/aromatic N) is 3. The van der Waals surface area contributed by atoms with Gasteiger partial charge in [-0.15, -0.1) is 36.7 Å². The maximum Gasteiger partial charge on any atom is 0.574 e. The molecule has 3 rings (SSSR count). The van der Waals surface area contributed by atoms with Crippen molar-refractivity contribution < 1.29 is 52.1 Å². The number of H-pyrrole nitrogens is 1. The molecular weight excluding hydrogens is 673 g/mol. The molecule has 1 fully saturated rings. The van der Waals surface area contributed by atoms with Gasteiger partial charge < -0.3 is 30.6 Å². The van der Waals surface area contributed by atoms with Crippen LogP contribution in [0.25, 0.3) is 0 Å². The van der Waals surface area contributed by atoms with E-state index in [0.717, 1.165) is 56.0 Å². The average molecular weight is 705 g/mol. The lowest BCUT2D eigenvalue weighted by atomic mass is 9.76. The SMILES string of the molecule is CC(=O)N[C@@H](CSC(c1cncc(OC(F)(F)F)n1)C1CCCC(C(SC[C@H](NC(C)=O)C(=O)O)c2cncc(=O)[nH]2)C1=O)C(=O)O. The van der Waals surface area contributed by atoms with E-state index in [1.165, 1.54) is 6.20 Å². The second kappa shape index (κ2) is 16.6. The minimum Gasteiger partial charge on any atom is -0.480 e. The van der Waals surface area contributed by atoms with Gasteiger partial charge in [-0.1, -0.05) is 6.42 Å². The number of carboxylic acids is 2. The normalized spacial score (nSPS) is 19.1. The van der Waals surface area contributed by atoms with E-state index in [9.17, 15) is 52.2 Å². The van der Waals surface area contributed by atoms with Crippen LogP contribution in [-0.2, 0) is 24.0 Å². The van der Waals surface area contributed by atoms with E-state index in [4.69, 9.17) is 0 Å². The molecule has 6 atom stereocenters. The molecule has 2 amide bonds. The zero-order chi connectivity index (χ0) is 34.9. The number of hydrogen-bond acceptors (Lipinski definition) is 12. The van der Waals surface area contributed by atoms with Crippen LogP contribution in [0.15, 0.2) is 29.6 Å². The summed E-state index contributed by atoms with van der Waals surface area (Å²) in [5.41, 5.74) is -0.500. The second-order valence-electron chi connectivity index (χ2n) is 10.4. The van der Waals surface area contributed by atoms with Crippen molar-refractivity contribution in [2.75, 3.05) is 11.5 Å². The molecule has 47 heavy (non-hydrogen) atoms. The van der Waals surface area contributed by atoms with Gasteiger partial charge in [0.1, 0.15) is 17.9 Å². The first-order valence-electron chi connectivity index (χ1n) is 13.9. The molecule has 0 spiro atoms. The Balaban J connectivity index is 2.02. The van der Waals surface area contributed by atoms with Gasteiger partial charge in [-0.25, -0.2) is 14.6 Å². The van der Waals surface area contributed by atoms with Gasteiger partial charge in [-0.2, -0.15) is 0 Å². The molecule has 15 nitrogen and oxygen atoms in total. The molecule has 0 radical (unpaired) electrons. The molecule has 0 aromatic carbocycles. The van der Waals surface area contributed by atoms with E-state index in [0.29, 0.717) is 6.42 Å². The highest BCUT2D eigenvalue weighted by Gasteiger charge is 2.43. The number of rotatable bonds is 15. The van der Waals surface area contributed by atoms with Crippen LogP contribution in [0.2, 0.25) is 0 Å². The predicted molar refractivity (Wildman–Crippen MR) is 160 cm³/mol. The van der Waals surface area contributed by atoms with Gasteiger partial charge in [-0.3, -0.25) is 29.1 Å². The molecule has 0 aliphatic heterocycles. The fourth-order valence-corrected chi connectivity index (χ4v) is 7.83. The predicted octanol–water partition coefficient (Wildman–Crippen LogP) is 1.87. The van der Waals surface area contributed by atoms with Gasteiger partial charge in [0.25, 0.3) is 5.56 Å². The smallest absolute Gasteiger partial charge is 0.480 e.